The van der Waals surface area contributed by atoms with Gasteiger partial charge in [-0.3, -0.25) is 9.10 Å². The summed E-state index contributed by atoms with van der Waals surface area (Å²) in [5.74, 6) is -0.291. The summed E-state index contributed by atoms with van der Waals surface area (Å²) in [6.45, 7) is 1.94. The molecule has 3 aromatic rings. The topological polar surface area (TPSA) is 66.5 Å². The zero-order chi connectivity index (χ0) is 19.4. The molecule has 0 aliphatic heterocycles. The van der Waals surface area contributed by atoms with Gasteiger partial charge in [0.2, 0.25) is 0 Å². The number of hydrogen-bond donors (Lipinski definition) is 1. The number of amides is 1. The van der Waals surface area contributed by atoms with Crippen LogP contribution in [0.4, 0.5) is 11.4 Å². The molecule has 0 aliphatic rings. The smallest absolute Gasteiger partial charge is 0.264 e. The van der Waals surface area contributed by atoms with Gasteiger partial charge in [-0.05, 0) is 49.4 Å². The molecule has 0 heterocycles. The van der Waals surface area contributed by atoms with Crippen LogP contribution in [-0.4, -0.2) is 21.4 Å². The Morgan fingerprint density at radius 1 is 0.889 bits per heavy atom. The van der Waals surface area contributed by atoms with Crippen LogP contribution in [0.15, 0.2) is 83.8 Å². The molecule has 0 atom stereocenters. The number of nitrogens with one attached hydrogen (secondary N) is 1. The monoisotopic (exact) mass is 380 g/mol. The highest BCUT2D eigenvalue weighted by atomic mass is 32.2. The lowest BCUT2D eigenvalue weighted by Crippen LogP contribution is -2.26. The third-order valence-electron chi connectivity index (χ3n) is 4.18. The molecule has 0 bridgehead atoms. The normalized spacial score (nSPS) is 11.0. The van der Waals surface area contributed by atoms with E-state index < -0.39 is 10.0 Å². The summed E-state index contributed by atoms with van der Waals surface area (Å²) in [4.78, 5) is 12.5. The number of anilines is 2. The molecule has 0 fully saturated rings. The van der Waals surface area contributed by atoms with Gasteiger partial charge >= 0.3 is 0 Å². The molecule has 1 N–H and O–H groups in total. The Labute approximate surface area is 159 Å². The lowest BCUT2D eigenvalue weighted by atomic mass is 10.1. The average Bonchev–Trinajstić information content (AvgIpc) is 2.68. The van der Waals surface area contributed by atoms with Gasteiger partial charge in [0.25, 0.3) is 15.9 Å². The molecule has 3 aromatic carbocycles. The Hall–Kier alpha value is -3.12. The van der Waals surface area contributed by atoms with E-state index >= 15 is 0 Å². The maximum atomic E-state index is 12.9. The van der Waals surface area contributed by atoms with Crippen molar-refractivity contribution in [3.8, 4) is 0 Å². The highest BCUT2D eigenvalue weighted by molar-refractivity contribution is 7.92. The van der Waals surface area contributed by atoms with Crippen LogP contribution in [0.2, 0.25) is 0 Å². The van der Waals surface area contributed by atoms with Crippen LogP contribution in [0, 0.1) is 6.92 Å². The number of aryl methyl sites for hydroxylation is 1. The molecule has 3 rings (SSSR count). The Bertz CT molecular complexity index is 1050. The van der Waals surface area contributed by atoms with E-state index in [1.807, 2.05) is 25.1 Å². The quantitative estimate of drug-likeness (QED) is 0.725. The second kappa shape index (κ2) is 7.63. The molecule has 0 unspecified atom stereocenters. The summed E-state index contributed by atoms with van der Waals surface area (Å²) in [5.41, 5.74) is 2.55. The first-order valence-electron chi connectivity index (χ1n) is 8.40. The molecule has 0 saturated carbocycles. The molecule has 0 aromatic heterocycles. The van der Waals surface area contributed by atoms with E-state index in [9.17, 15) is 13.2 Å². The molecule has 5 nitrogen and oxygen atoms in total. The second-order valence-electron chi connectivity index (χ2n) is 6.16. The zero-order valence-corrected chi connectivity index (χ0v) is 15.9. The zero-order valence-electron chi connectivity index (χ0n) is 15.1. The fraction of sp³-hybridized carbons (Fsp3) is 0.0952. The third kappa shape index (κ3) is 4.17. The molecule has 6 heteroatoms. The van der Waals surface area contributed by atoms with E-state index in [1.54, 1.807) is 48.5 Å². The van der Waals surface area contributed by atoms with Gasteiger partial charge in [-0.1, -0.05) is 42.0 Å². The van der Waals surface area contributed by atoms with Crippen molar-refractivity contribution in [2.75, 3.05) is 16.7 Å². The van der Waals surface area contributed by atoms with E-state index in [2.05, 4.69) is 5.32 Å². The van der Waals surface area contributed by atoms with Crippen molar-refractivity contribution in [3.63, 3.8) is 0 Å². The van der Waals surface area contributed by atoms with Gasteiger partial charge in [-0.2, -0.15) is 0 Å². The van der Waals surface area contributed by atoms with Crippen molar-refractivity contribution in [3.05, 3.63) is 90.0 Å². The summed E-state index contributed by atoms with van der Waals surface area (Å²) in [5, 5.41) is 2.75. The van der Waals surface area contributed by atoms with Crippen molar-refractivity contribution in [2.45, 2.75) is 11.8 Å². The lowest BCUT2D eigenvalue weighted by molar-refractivity contribution is 0.102. The summed E-state index contributed by atoms with van der Waals surface area (Å²) in [6, 6.07) is 22.2. The fourth-order valence-corrected chi connectivity index (χ4v) is 3.82. The Morgan fingerprint density at radius 2 is 1.56 bits per heavy atom. The van der Waals surface area contributed by atoms with E-state index in [-0.39, 0.29) is 10.8 Å². The first-order valence-corrected chi connectivity index (χ1v) is 9.84. The van der Waals surface area contributed by atoms with Gasteiger partial charge in [-0.15, -0.1) is 0 Å². The van der Waals surface area contributed by atoms with Crippen molar-refractivity contribution < 1.29 is 13.2 Å². The summed E-state index contributed by atoms with van der Waals surface area (Å²) < 4.78 is 27.0. The Balaban J connectivity index is 1.84. The van der Waals surface area contributed by atoms with Crippen molar-refractivity contribution in [2.24, 2.45) is 0 Å². The molecule has 0 spiro atoms. The van der Waals surface area contributed by atoms with Crippen molar-refractivity contribution in [1.82, 2.24) is 0 Å². The molecule has 1 amide bonds. The average molecular weight is 380 g/mol. The Morgan fingerprint density at radius 3 is 2.22 bits per heavy atom. The summed E-state index contributed by atoms with van der Waals surface area (Å²) >= 11 is 0. The number of benzene rings is 3. The van der Waals surface area contributed by atoms with E-state index in [0.717, 1.165) is 5.56 Å². The van der Waals surface area contributed by atoms with Crippen LogP contribution >= 0.6 is 0 Å². The maximum Gasteiger partial charge on any atom is 0.264 e. The van der Waals surface area contributed by atoms with E-state index in [0.29, 0.717) is 16.9 Å². The number of nitrogens with zero attached hydrogens (tertiary/aromatic N) is 1. The molecule has 0 saturated heterocycles. The number of para-hydroxylation sites is 1. The SMILES string of the molecule is Cc1ccc(C(=O)Nc2cccc(S(=O)(=O)N(C)c3ccccc3)c2)cc1. The number of carbonyl (C=O) groups is 1. The summed E-state index contributed by atoms with van der Waals surface area (Å²) in [6.07, 6.45) is 0. The van der Waals surface area contributed by atoms with E-state index in [4.69, 9.17) is 0 Å². The number of carbonyl (C=O) groups excluding carboxylic acids is 1. The fourth-order valence-electron chi connectivity index (χ4n) is 2.58. The number of hydrogen-bond acceptors (Lipinski definition) is 3. The number of sulfonamides is 1. The minimum absolute atomic E-state index is 0.107. The van der Waals surface area contributed by atoms with Crippen LogP contribution in [0.25, 0.3) is 0 Å². The van der Waals surface area contributed by atoms with Crippen LogP contribution in [0.3, 0.4) is 0 Å². The van der Waals surface area contributed by atoms with Gasteiger partial charge in [0.05, 0.1) is 10.6 Å². The van der Waals surface area contributed by atoms with Crippen LogP contribution in [0.1, 0.15) is 15.9 Å². The third-order valence-corrected chi connectivity index (χ3v) is 5.97. The first kappa shape index (κ1) is 18.7. The van der Waals surface area contributed by atoms with Crippen LogP contribution < -0.4 is 9.62 Å². The Kier molecular flexibility index (Phi) is 5.28. The lowest BCUT2D eigenvalue weighted by Gasteiger charge is -2.19. The van der Waals surface area contributed by atoms with Gasteiger partial charge in [0, 0.05) is 18.3 Å². The largest absolute Gasteiger partial charge is 0.322 e. The molecule has 0 radical (unpaired) electrons. The van der Waals surface area contributed by atoms with E-state index in [1.165, 1.54) is 23.5 Å². The van der Waals surface area contributed by atoms with Crippen molar-refractivity contribution >= 4 is 27.3 Å². The molecule has 27 heavy (non-hydrogen) atoms. The minimum Gasteiger partial charge on any atom is -0.322 e. The maximum absolute atomic E-state index is 12.9. The van der Waals surface area contributed by atoms with Crippen LogP contribution in [-0.2, 0) is 10.0 Å². The molecule has 138 valence electrons. The molecule has 0 aliphatic carbocycles. The van der Waals surface area contributed by atoms with Crippen molar-refractivity contribution in [1.29, 1.82) is 0 Å². The summed E-state index contributed by atoms with van der Waals surface area (Å²) in [7, 11) is -2.24. The molecular formula is C21H20N2O3S. The van der Waals surface area contributed by atoms with Gasteiger partial charge in [0.15, 0.2) is 0 Å². The predicted molar refractivity (Wildman–Crippen MR) is 108 cm³/mol. The molecular weight excluding hydrogens is 360 g/mol. The predicted octanol–water partition coefficient (Wildman–Crippen LogP) is 4.07. The number of rotatable bonds is 5. The van der Waals surface area contributed by atoms with Gasteiger partial charge < -0.3 is 5.32 Å². The minimum atomic E-state index is -3.74. The van der Waals surface area contributed by atoms with Gasteiger partial charge in [0.1, 0.15) is 0 Å². The van der Waals surface area contributed by atoms with Gasteiger partial charge in [-0.25, -0.2) is 8.42 Å². The highest BCUT2D eigenvalue weighted by Crippen LogP contribution is 2.24. The van der Waals surface area contributed by atoms with Crippen LogP contribution in [0.5, 0.6) is 0 Å². The highest BCUT2D eigenvalue weighted by Gasteiger charge is 2.21. The first-order chi connectivity index (χ1) is 12.9. The standard InChI is InChI=1S/C21H20N2O3S/c1-16-11-13-17(14-12-16)21(24)22-18-7-6-10-20(15-18)27(25,26)23(2)19-8-4-3-5-9-19/h3-15H,1-2H3,(H,22,24). The second-order valence-corrected chi connectivity index (χ2v) is 8.13.